The van der Waals surface area contributed by atoms with Crippen molar-refractivity contribution in [1.82, 2.24) is 9.47 Å². The number of ether oxygens (including phenoxy) is 1. The summed E-state index contributed by atoms with van der Waals surface area (Å²) in [4.78, 5) is 14.8. The first-order chi connectivity index (χ1) is 16.9. The van der Waals surface area contributed by atoms with Gasteiger partial charge in [0.2, 0.25) is 0 Å². The Labute approximate surface area is 207 Å². The van der Waals surface area contributed by atoms with Crippen molar-refractivity contribution in [3.05, 3.63) is 83.6 Å². The lowest BCUT2D eigenvalue weighted by molar-refractivity contribution is 0.102. The standard InChI is InChI=1S/C29H34N4O2/c1-20-21(2)33(18-6-17-32(3)4)28-16-13-25(19-27(20)28)30-23-9-7-22(8-10-23)29(34)31-24-11-14-26(35-5)15-12-24/h7-16,19,30H,6,17-18H2,1-5H3,(H,31,34). The maximum Gasteiger partial charge on any atom is 0.255 e. The summed E-state index contributed by atoms with van der Waals surface area (Å²) in [5, 5.41) is 7.66. The summed E-state index contributed by atoms with van der Waals surface area (Å²) < 4.78 is 7.58. The maximum absolute atomic E-state index is 12.6. The highest BCUT2D eigenvalue weighted by Crippen LogP contribution is 2.29. The Morgan fingerprint density at radius 1 is 0.914 bits per heavy atom. The number of nitrogens with zero attached hydrogens (tertiary/aromatic N) is 2. The van der Waals surface area contributed by atoms with Gasteiger partial charge in [0, 0.05) is 45.8 Å². The van der Waals surface area contributed by atoms with Crippen molar-refractivity contribution >= 4 is 33.9 Å². The number of hydrogen-bond acceptors (Lipinski definition) is 4. The maximum atomic E-state index is 12.6. The number of nitrogens with one attached hydrogen (secondary N) is 2. The average molecular weight is 471 g/mol. The van der Waals surface area contributed by atoms with Gasteiger partial charge in [0.15, 0.2) is 0 Å². The van der Waals surface area contributed by atoms with Crippen LogP contribution in [0.4, 0.5) is 17.1 Å². The van der Waals surface area contributed by atoms with Gasteiger partial charge in [-0.25, -0.2) is 0 Å². The second-order valence-electron chi connectivity index (χ2n) is 9.14. The Hall–Kier alpha value is -3.77. The van der Waals surface area contributed by atoms with E-state index in [-0.39, 0.29) is 5.91 Å². The van der Waals surface area contributed by atoms with Gasteiger partial charge in [0.1, 0.15) is 5.75 Å². The molecule has 0 radical (unpaired) electrons. The van der Waals surface area contributed by atoms with E-state index in [2.05, 4.69) is 66.2 Å². The molecule has 6 heteroatoms. The predicted molar refractivity (Wildman–Crippen MR) is 145 cm³/mol. The second-order valence-corrected chi connectivity index (χ2v) is 9.14. The molecule has 4 rings (SSSR count). The third-order valence-corrected chi connectivity index (χ3v) is 6.41. The zero-order valence-electron chi connectivity index (χ0n) is 21.2. The highest BCUT2D eigenvalue weighted by molar-refractivity contribution is 6.04. The Balaban J connectivity index is 1.44. The zero-order valence-corrected chi connectivity index (χ0v) is 21.2. The average Bonchev–Trinajstić information content (AvgIpc) is 3.09. The number of benzene rings is 3. The number of methoxy groups -OCH3 is 1. The van der Waals surface area contributed by atoms with Crippen molar-refractivity contribution in [3.63, 3.8) is 0 Å². The molecule has 0 aliphatic carbocycles. The molecule has 0 saturated carbocycles. The van der Waals surface area contributed by atoms with E-state index in [4.69, 9.17) is 4.74 Å². The molecule has 6 nitrogen and oxygen atoms in total. The topological polar surface area (TPSA) is 58.5 Å². The van der Waals surface area contributed by atoms with Crippen molar-refractivity contribution in [2.45, 2.75) is 26.8 Å². The first-order valence-corrected chi connectivity index (χ1v) is 11.9. The summed E-state index contributed by atoms with van der Waals surface area (Å²) in [6, 6.07) is 21.3. The van der Waals surface area contributed by atoms with E-state index in [9.17, 15) is 4.79 Å². The molecule has 182 valence electrons. The largest absolute Gasteiger partial charge is 0.497 e. The third-order valence-electron chi connectivity index (χ3n) is 6.41. The minimum atomic E-state index is -0.148. The first kappa shape index (κ1) is 24.4. The molecule has 4 aromatic rings. The van der Waals surface area contributed by atoms with Crippen LogP contribution in [0.2, 0.25) is 0 Å². The van der Waals surface area contributed by atoms with Gasteiger partial charge in [-0.2, -0.15) is 0 Å². The van der Waals surface area contributed by atoms with Crippen molar-refractivity contribution in [1.29, 1.82) is 0 Å². The molecular formula is C29H34N4O2. The van der Waals surface area contributed by atoms with Crippen LogP contribution in [0.3, 0.4) is 0 Å². The summed E-state index contributed by atoms with van der Waals surface area (Å²) in [5.74, 6) is 0.604. The fraction of sp³-hybridized carbons (Fsp3) is 0.276. The summed E-state index contributed by atoms with van der Waals surface area (Å²) in [6.45, 7) is 6.49. The van der Waals surface area contributed by atoms with E-state index in [1.165, 1.54) is 22.2 Å². The molecule has 0 saturated heterocycles. The molecule has 0 fully saturated rings. The second kappa shape index (κ2) is 10.7. The molecular weight excluding hydrogens is 436 g/mol. The van der Waals surface area contributed by atoms with Gasteiger partial charge in [0.25, 0.3) is 5.91 Å². The minimum Gasteiger partial charge on any atom is -0.497 e. The quantitative estimate of drug-likeness (QED) is 0.305. The number of carbonyl (C=O) groups excluding carboxylic acids is 1. The Morgan fingerprint density at radius 3 is 2.23 bits per heavy atom. The molecule has 3 aromatic carbocycles. The molecule has 1 aromatic heterocycles. The molecule has 0 spiro atoms. The molecule has 1 heterocycles. The zero-order chi connectivity index (χ0) is 24.9. The lowest BCUT2D eigenvalue weighted by Gasteiger charge is -2.12. The molecule has 2 N–H and O–H groups in total. The van der Waals surface area contributed by atoms with Crippen LogP contribution in [0.1, 0.15) is 28.0 Å². The number of rotatable bonds is 9. The lowest BCUT2D eigenvalue weighted by atomic mass is 10.1. The van der Waals surface area contributed by atoms with Crippen molar-refractivity contribution in [2.75, 3.05) is 38.4 Å². The van der Waals surface area contributed by atoms with Gasteiger partial charge in [0.05, 0.1) is 7.11 Å². The summed E-state index contributed by atoms with van der Waals surface area (Å²) >= 11 is 0. The Kier molecular flexibility index (Phi) is 7.42. The van der Waals surface area contributed by atoms with Gasteiger partial charge in [-0.1, -0.05) is 0 Å². The smallest absolute Gasteiger partial charge is 0.255 e. The SMILES string of the molecule is COc1ccc(NC(=O)c2ccc(Nc3ccc4c(c3)c(C)c(C)n4CCCN(C)C)cc2)cc1. The number of hydrogen-bond donors (Lipinski definition) is 2. The Morgan fingerprint density at radius 2 is 1.57 bits per heavy atom. The molecule has 0 aliphatic rings. The fourth-order valence-corrected chi connectivity index (χ4v) is 4.31. The van der Waals surface area contributed by atoms with Crippen LogP contribution in [0.15, 0.2) is 66.7 Å². The number of fused-ring (bicyclic) bond motifs is 1. The Bertz CT molecular complexity index is 1310. The van der Waals surface area contributed by atoms with Crippen LogP contribution >= 0.6 is 0 Å². The molecule has 0 aliphatic heterocycles. The van der Waals surface area contributed by atoms with Gasteiger partial charge in [-0.05, 0) is 113 Å². The normalized spacial score (nSPS) is 11.1. The van der Waals surface area contributed by atoms with Gasteiger partial charge in [-0.3, -0.25) is 4.79 Å². The van der Waals surface area contributed by atoms with E-state index in [1.54, 1.807) is 7.11 Å². The van der Waals surface area contributed by atoms with Crippen molar-refractivity contribution in [3.8, 4) is 5.75 Å². The predicted octanol–water partition coefficient (Wildman–Crippen LogP) is 6.21. The van der Waals surface area contributed by atoms with E-state index >= 15 is 0 Å². The summed E-state index contributed by atoms with van der Waals surface area (Å²) in [6.07, 6.45) is 1.12. The lowest BCUT2D eigenvalue weighted by Crippen LogP contribution is -2.15. The van der Waals surface area contributed by atoms with Crippen LogP contribution in [-0.2, 0) is 6.54 Å². The number of carbonyl (C=O) groups is 1. The van der Waals surface area contributed by atoms with Gasteiger partial charge in [-0.15, -0.1) is 0 Å². The van der Waals surface area contributed by atoms with Gasteiger partial charge >= 0.3 is 0 Å². The fourth-order valence-electron chi connectivity index (χ4n) is 4.31. The van der Waals surface area contributed by atoms with Gasteiger partial charge < -0.3 is 24.8 Å². The van der Waals surface area contributed by atoms with Crippen LogP contribution in [0.5, 0.6) is 5.75 Å². The molecule has 1 amide bonds. The number of aryl methyl sites for hydroxylation is 2. The van der Waals surface area contributed by atoms with Crippen molar-refractivity contribution in [2.24, 2.45) is 0 Å². The van der Waals surface area contributed by atoms with E-state index in [1.807, 2.05) is 48.5 Å². The molecule has 0 bridgehead atoms. The summed E-state index contributed by atoms with van der Waals surface area (Å²) in [7, 11) is 5.85. The van der Waals surface area contributed by atoms with Crippen molar-refractivity contribution < 1.29 is 9.53 Å². The molecule has 0 atom stereocenters. The number of amides is 1. The monoisotopic (exact) mass is 470 g/mol. The van der Waals surface area contributed by atoms with E-state index < -0.39 is 0 Å². The third kappa shape index (κ3) is 5.66. The first-order valence-electron chi connectivity index (χ1n) is 11.9. The number of aromatic nitrogens is 1. The molecule has 0 unspecified atom stereocenters. The summed E-state index contributed by atoms with van der Waals surface area (Å²) in [5.41, 5.74) is 7.21. The van der Waals surface area contributed by atoms with Crippen LogP contribution in [0, 0.1) is 13.8 Å². The highest BCUT2D eigenvalue weighted by Gasteiger charge is 2.12. The van der Waals surface area contributed by atoms with E-state index in [0.29, 0.717) is 5.56 Å². The van der Waals surface area contributed by atoms with Crippen LogP contribution < -0.4 is 15.4 Å². The molecule has 35 heavy (non-hydrogen) atoms. The van der Waals surface area contributed by atoms with Crippen LogP contribution in [-0.4, -0.2) is 43.1 Å². The van der Waals surface area contributed by atoms with E-state index in [0.717, 1.165) is 42.3 Å². The highest BCUT2D eigenvalue weighted by atomic mass is 16.5. The minimum absolute atomic E-state index is 0.148. The van der Waals surface area contributed by atoms with Crippen LogP contribution in [0.25, 0.3) is 10.9 Å². The number of anilines is 3.